The summed E-state index contributed by atoms with van der Waals surface area (Å²) in [5, 5.41) is 6.91. The number of benzene rings is 2. The molecule has 1 aromatic heterocycles. The van der Waals surface area contributed by atoms with Gasteiger partial charge in [-0.3, -0.25) is 0 Å². The Morgan fingerprint density at radius 1 is 1.16 bits per heavy atom. The molecule has 0 spiro atoms. The van der Waals surface area contributed by atoms with Gasteiger partial charge in [-0.25, -0.2) is 4.79 Å². The highest BCUT2D eigenvalue weighted by Crippen LogP contribution is 2.30. The van der Waals surface area contributed by atoms with Crippen molar-refractivity contribution < 1.29 is 23.5 Å². The number of ether oxygens (including phenoxy) is 3. The fraction of sp³-hybridized carbons (Fsp3) is 0.348. The molecule has 0 saturated carbocycles. The van der Waals surface area contributed by atoms with E-state index in [1.54, 1.807) is 19.1 Å². The van der Waals surface area contributed by atoms with Gasteiger partial charge >= 0.3 is 6.03 Å². The number of methoxy groups -OCH3 is 2. The van der Waals surface area contributed by atoms with Crippen LogP contribution in [-0.4, -0.2) is 61.1 Å². The molecule has 2 amide bonds. The molecule has 32 heavy (non-hydrogen) atoms. The molecule has 0 aliphatic carbocycles. The zero-order valence-corrected chi connectivity index (χ0v) is 18.1. The molecule has 0 bridgehead atoms. The third-order valence-electron chi connectivity index (χ3n) is 5.15. The number of nitrogens with one attached hydrogen (secondary N) is 1. The Morgan fingerprint density at radius 3 is 2.69 bits per heavy atom. The zero-order valence-electron chi connectivity index (χ0n) is 18.1. The summed E-state index contributed by atoms with van der Waals surface area (Å²) in [5.41, 5.74) is 1.73. The molecule has 3 aromatic rings. The van der Waals surface area contributed by atoms with Gasteiger partial charge in [0.15, 0.2) is 5.82 Å². The predicted molar refractivity (Wildman–Crippen MR) is 117 cm³/mol. The maximum absolute atomic E-state index is 12.4. The minimum atomic E-state index is -0.117. The molecule has 1 N–H and O–H groups in total. The van der Waals surface area contributed by atoms with E-state index in [4.69, 9.17) is 18.7 Å². The molecule has 2 heterocycles. The van der Waals surface area contributed by atoms with E-state index >= 15 is 0 Å². The number of carbonyl (C=O) groups is 1. The van der Waals surface area contributed by atoms with Gasteiger partial charge < -0.3 is 29.0 Å². The first-order valence-corrected chi connectivity index (χ1v) is 10.4. The van der Waals surface area contributed by atoms with Crippen molar-refractivity contribution in [1.29, 1.82) is 0 Å². The number of nitrogens with zero attached hydrogens (tertiary/aromatic N) is 3. The number of hydrogen-bond donors (Lipinski definition) is 1. The smallest absolute Gasteiger partial charge is 0.317 e. The van der Waals surface area contributed by atoms with Gasteiger partial charge in [0.25, 0.3) is 5.89 Å². The van der Waals surface area contributed by atoms with E-state index in [9.17, 15) is 4.79 Å². The number of rotatable bonds is 9. The monoisotopic (exact) mass is 438 g/mol. The highest BCUT2D eigenvalue weighted by molar-refractivity contribution is 5.75. The van der Waals surface area contributed by atoms with Crippen LogP contribution < -0.4 is 14.8 Å². The van der Waals surface area contributed by atoms with Crippen molar-refractivity contribution in [2.75, 3.05) is 33.9 Å². The molecule has 168 valence electrons. The van der Waals surface area contributed by atoms with Gasteiger partial charge in [0.2, 0.25) is 0 Å². The van der Waals surface area contributed by atoms with Crippen LogP contribution >= 0.6 is 0 Å². The molecule has 9 heteroatoms. The molecule has 9 nitrogen and oxygen atoms in total. The topological polar surface area (TPSA) is 99.0 Å². The Kier molecular flexibility index (Phi) is 6.86. The van der Waals surface area contributed by atoms with Crippen molar-refractivity contribution in [3.8, 4) is 23.0 Å². The Bertz CT molecular complexity index is 1030. The van der Waals surface area contributed by atoms with Gasteiger partial charge in [-0.15, -0.1) is 0 Å². The van der Waals surface area contributed by atoms with Crippen LogP contribution in [0.25, 0.3) is 11.5 Å². The van der Waals surface area contributed by atoms with Crippen molar-refractivity contribution in [3.05, 3.63) is 59.9 Å². The summed E-state index contributed by atoms with van der Waals surface area (Å²) in [6, 6.07) is 15.0. The summed E-state index contributed by atoms with van der Waals surface area (Å²) in [6.45, 7) is 1.99. The van der Waals surface area contributed by atoms with Crippen LogP contribution in [0.15, 0.2) is 53.1 Å². The van der Waals surface area contributed by atoms with E-state index in [1.807, 2.05) is 48.5 Å². The fourth-order valence-electron chi connectivity index (χ4n) is 3.30. The van der Waals surface area contributed by atoms with E-state index in [-0.39, 0.29) is 12.1 Å². The number of carbonyl (C=O) groups excluding carboxylic acids is 1. The second-order valence-electron chi connectivity index (χ2n) is 7.41. The molecule has 1 aliphatic rings. The minimum Gasteiger partial charge on any atom is -0.497 e. The van der Waals surface area contributed by atoms with E-state index in [2.05, 4.69) is 15.5 Å². The summed E-state index contributed by atoms with van der Waals surface area (Å²) in [4.78, 5) is 18.5. The molecule has 0 radical (unpaired) electrons. The van der Waals surface area contributed by atoms with Crippen molar-refractivity contribution in [2.45, 2.75) is 19.1 Å². The lowest BCUT2D eigenvalue weighted by Gasteiger charge is -2.39. The van der Waals surface area contributed by atoms with Gasteiger partial charge in [-0.1, -0.05) is 29.4 Å². The molecule has 0 atom stereocenters. The second kappa shape index (κ2) is 10.1. The highest BCUT2D eigenvalue weighted by atomic mass is 16.5. The van der Waals surface area contributed by atoms with E-state index in [1.165, 1.54) is 0 Å². The molecular weight excluding hydrogens is 412 g/mol. The summed E-state index contributed by atoms with van der Waals surface area (Å²) < 4.78 is 21.7. The van der Waals surface area contributed by atoms with Crippen LogP contribution in [0.1, 0.15) is 11.4 Å². The van der Waals surface area contributed by atoms with Crippen LogP contribution in [0.2, 0.25) is 0 Å². The molecule has 1 aliphatic heterocycles. The molecule has 1 fully saturated rings. The minimum absolute atomic E-state index is 0.0984. The Hall–Kier alpha value is -3.59. The normalized spacial score (nSPS) is 13.5. The van der Waals surface area contributed by atoms with Gasteiger partial charge in [0.05, 0.1) is 32.4 Å². The highest BCUT2D eigenvalue weighted by Gasteiger charge is 2.33. The quantitative estimate of drug-likeness (QED) is 0.548. The summed E-state index contributed by atoms with van der Waals surface area (Å²) >= 11 is 0. The molecule has 0 unspecified atom stereocenters. The van der Waals surface area contributed by atoms with Crippen molar-refractivity contribution in [1.82, 2.24) is 20.4 Å². The van der Waals surface area contributed by atoms with Crippen LogP contribution in [0, 0.1) is 0 Å². The summed E-state index contributed by atoms with van der Waals surface area (Å²) in [7, 11) is 3.26. The number of hydrogen-bond acceptors (Lipinski definition) is 7. The maximum atomic E-state index is 12.4. The lowest BCUT2D eigenvalue weighted by atomic mass is 10.1. The zero-order chi connectivity index (χ0) is 22.3. The standard InChI is InChI=1S/C23H26N4O5/c1-29-12-11-21-25-22(32-26-21)19-5-3-4-6-20(19)31-18-14-27(15-18)23(28)24-13-16-7-9-17(30-2)10-8-16/h3-10,18H,11-15H2,1-2H3,(H,24,28). The number of aromatic nitrogens is 2. The fourth-order valence-corrected chi connectivity index (χ4v) is 3.30. The number of amides is 2. The average Bonchev–Trinajstić information content (AvgIpc) is 3.27. The van der Waals surface area contributed by atoms with Crippen LogP contribution in [0.4, 0.5) is 4.79 Å². The summed E-state index contributed by atoms with van der Waals surface area (Å²) in [6.07, 6.45) is 0.477. The first-order valence-electron chi connectivity index (χ1n) is 10.4. The number of urea groups is 1. The molecule has 4 rings (SSSR count). The van der Waals surface area contributed by atoms with Crippen LogP contribution in [-0.2, 0) is 17.7 Å². The Balaban J connectivity index is 1.28. The average molecular weight is 438 g/mol. The predicted octanol–water partition coefficient (Wildman–Crippen LogP) is 2.91. The maximum Gasteiger partial charge on any atom is 0.317 e. The third-order valence-corrected chi connectivity index (χ3v) is 5.15. The van der Waals surface area contributed by atoms with E-state index in [0.29, 0.717) is 50.1 Å². The lowest BCUT2D eigenvalue weighted by molar-refractivity contribution is 0.0446. The van der Waals surface area contributed by atoms with Gasteiger partial charge in [0.1, 0.15) is 17.6 Å². The molecule has 1 saturated heterocycles. The first kappa shape index (κ1) is 21.6. The largest absolute Gasteiger partial charge is 0.497 e. The Morgan fingerprint density at radius 2 is 1.94 bits per heavy atom. The first-order chi connectivity index (χ1) is 15.7. The lowest BCUT2D eigenvalue weighted by Crippen LogP contribution is -2.58. The Labute approximate surface area is 186 Å². The van der Waals surface area contributed by atoms with Crippen molar-refractivity contribution in [2.24, 2.45) is 0 Å². The number of likely N-dealkylation sites (tertiary alicyclic amines) is 1. The van der Waals surface area contributed by atoms with Crippen molar-refractivity contribution >= 4 is 6.03 Å². The van der Waals surface area contributed by atoms with Crippen LogP contribution in [0.5, 0.6) is 11.5 Å². The van der Waals surface area contributed by atoms with Gasteiger partial charge in [-0.05, 0) is 29.8 Å². The second-order valence-corrected chi connectivity index (χ2v) is 7.41. The number of para-hydroxylation sites is 1. The summed E-state index contributed by atoms with van der Waals surface area (Å²) in [5.74, 6) is 2.42. The van der Waals surface area contributed by atoms with Crippen LogP contribution in [0.3, 0.4) is 0 Å². The van der Waals surface area contributed by atoms with E-state index in [0.717, 1.165) is 16.9 Å². The SMILES string of the molecule is COCCc1noc(-c2ccccc2OC2CN(C(=O)NCc3ccc(OC)cc3)C2)n1. The van der Waals surface area contributed by atoms with Crippen molar-refractivity contribution in [3.63, 3.8) is 0 Å². The van der Waals surface area contributed by atoms with Gasteiger partial charge in [0, 0.05) is 20.1 Å². The van der Waals surface area contributed by atoms with E-state index < -0.39 is 0 Å². The van der Waals surface area contributed by atoms with Gasteiger partial charge in [-0.2, -0.15) is 4.98 Å². The third kappa shape index (κ3) is 5.17. The molecule has 2 aromatic carbocycles. The molecular formula is C23H26N4O5.